The zero-order chi connectivity index (χ0) is 19.1. The molecule has 26 heavy (non-hydrogen) atoms. The van der Waals surface area contributed by atoms with E-state index in [1.54, 1.807) is 24.5 Å². The number of ether oxygens (including phenoxy) is 1. The lowest BCUT2D eigenvalue weighted by Crippen LogP contribution is -2.52. The third-order valence-electron chi connectivity index (χ3n) is 4.36. The van der Waals surface area contributed by atoms with Crippen LogP contribution < -0.4 is 10.8 Å². The summed E-state index contributed by atoms with van der Waals surface area (Å²) in [6.45, 7) is 3.74. The molecule has 0 aliphatic rings. The molecule has 0 spiro atoms. The summed E-state index contributed by atoms with van der Waals surface area (Å²) in [5.74, 6) is -1.16. The molecule has 0 radical (unpaired) electrons. The number of hydroxylamine groups is 1. The van der Waals surface area contributed by atoms with E-state index in [0.717, 1.165) is 17.5 Å². The van der Waals surface area contributed by atoms with E-state index in [1.807, 2.05) is 12.1 Å². The fourth-order valence-electron chi connectivity index (χ4n) is 2.57. The second kappa shape index (κ2) is 9.12. The Morgan fingerprint density at radius 1 is 1.04 bits per heavy atom. The maximum absolute atomic E-state index is 12.4. The topological polar surface area (TPSA) is 87.7 Å². The van der Waals surface area contributed by atoms with Crippen LogP contribution in [0.1, 0.15) is 29.8 Å². The fraction of sp³-hybridized carbons (Fsp3) is 0.300. The lowest BCUT2D eigenvalue weighted by Gasteiger charge is -2.22. The van der Waals surface area contributed by atoms with Crippen molar-refractivity contribution in [3.05, 3.63) is 59.7 Å². The summed E-state index contributed by atoms with van der Waals surface area (Å²) in [5.41, 5.74) is 5.30. The first kappa shape index (κ1) is 19.6. The Morgan fingerprint density at radius 3 is 2.04 bits per heavy atom. The van der Waals surface area contributed by atoms with Gasteiger partial charge in [0.1, 0.15) is 6.04 Å². The van der Waals surface area contributed by atoms with E-state index in [0.29, 0.717) is 5.56 Å². The van der Waals surface area contributed by atoms with Crippen LogP contribution in [0.2, 0.25) is 0 Å². The fourth-order valence-corrected chi connectivity index (χ4v) is 2.57. The summed E-state index contributed by atoms with van der Waals surface area (Å²) >= 11 is 0. The van der Waals surface area contributed by atoms with Gasteiger partial charge in [-0.25, -0.2) is 5.48 Å². The maximum Gasteiger partial charge on any atom is 0.268 e. The van der Waals surface area contributed by atoms with Gasteiger partial charge in [-0.3, -0.25) is 14.8 Å². The number of benzene rings is 2. The zero-order valence-electron chi connectivity index (χ0n) is 15.2. The highest BCUT2D eigenvalue weighted by atomic mass is 16.5. The summed E-state index contributed by atoms with van der Waals surface area (Å²) in [6.07, 6.45) is 0.393. The van der Waals surface area contributed by atoms with Gasteiger partial charge in [0.2, 0.25) is 0 Å². The Kier molecular flexibility index (Phi) is 6.89. The number of carbonyl (C=O) groups excluding carboxylic acids is 2. The van der Waals surface area contributed by atoms with E-state index >= 15 is 0 Å². The van der Waals surface area contributed by atoms with Crippen molar-refractivity contribution < 1.29 is 19.5 Å². The minimum atomic E-state index is -1.00. The predicted molar refractivity (Wildman–Crippen MR) is 98.9 cm³/mol. The smallest absolute Gasteiger partial charge is 0.268 e. The molecule has 0 saturated carbocycles. The quantitative estimate of drug-likeness (QED) is 0.525. The highest BCUT2D eigenvalue weighted by molar-refractivity contribution is 5.97. The molecule has 6 heteroatoms. The molecule has 2 atom stereocenters. The third-order valence-corrected chi connectivity index (χ3v) is 4.36. The van der Waals surface area contributed by atoms with Gasteiger partial charge in [-0.05, 0) is 42.2 Å². The lowest BCUT2D eigenvalue weighted by atomic mass is 10.0. The summed E-state index contributed by atoms with van der Waals surface area (Å²) in [5, 5.41) is 11.4. The molecule has 138 valence electrons. The van der Waals surface area contributed by atoms with E-state index in [2.05, 4.69) is 36.5 Å². The molecule has 2 aromatic rings. The molecule has 0 heterocycles. The summed E-state index contributed by atoms with van der Waals surface area (Å²) in [4.78, 5) is 24.1. The van der Waals surface area contributed by atoms with Crippen molar-refractivity contribution in [3.63, 3.8) is 0 Å². The minimum absolute atomic E-state index is 0.415. The first-order chi connectivity index (χ1) is 12.5. The van der Waals surface area contributed by atoms with Crippen molar-refractivity contribution in [1.29, 1.82) is 0 Å². The van der Waals surface area contributed by atoms with Gasteiger partial charge in [-0.2, -0.15) is 0 Å². The normalized spacial score (nSPS) is 12.9. The van der Waals surface area contributed by atoms with Gasteiger partial charge in [0, 0.05) is 12.7 Å². The van der Waals surface area contributed by atoms with Crippen LogP contribution in [0.5, 0.6) is 0 Å². The molecule has 6 nitrogen and oxygen atoms in total. The molecule has 2 amide bonds. The Labute approximate surface area is 153 Å². The first-order valence-corrected chi connectivity index (χ1v) is 8.47. The van der Waals surface area contributed by atoms with Crippen molar-refractivity contribution in [3.8, 4) is 11.1 Å². The number of hydrogen-bond donors (Lipinski definition) is 3. The van der Waals surface area contributed by atoms with E-state index in [9.17, 15) is 9.59 Å². The van der Waals surface area contributed by atoms with Crippen LogP contribution in [0.4, 0.5) is 0 Å². The van der Waals surface area contributed by atoms with E-state index in [4.69, 9.17) is 9.94 Å². The number of carbonyl (C=O) groups is 2. The highest BCUT2D eigenvalue weighted by Crippen LogP contribution is 2.20. The number of hydrogen-bond acceptors (Lipinski definition) is 4. The number of amides is 2. The van der Waals surface area contributed by atoms with Gasteiger partial charge >= 0.3 is 0 Å². The predicted octanol–water partition coefficient (Wildman–Crippen LogP) is 2.55. The number of nitrogens with one attached hydrogen (secondary N) is 2. The average Bonchev–Trinajstić information content (AvgIpc) is 2.70. The number of aryl methyl sites for hydroxylation is 1. The van der Waals surface area contributed by atoms with Crippen molar-refractivity contribution >= 4 is 11.8 Å². The van der Waals surface area contributed by atoms with Crippen molar-refractivity contribution in [2.75, 3.05) is 7.11 Å². The molecule has 0 aliphatic heterocycles. The SMILES string of the molecule is CCc1ccc(-c2ccc(C(=O)NC(C(=O)NO)C(C)OC)cc2)cc1. The Bertz CT molecular complexity index is 741. The monoisotopic (exact) mass is 356 g/mol. The lowest BCUT2D eigenvalue weighted by molar-refractivity contribution is -0.134. The molecule has 2 unspecified atom stereocenters. The van der Waals surface area contributed by atoms with Crippen LogP contribution in [0.15, 0.2) is 48.5 Å². The molecule has 0 aromatic heterocycles. The van der Waals surface area contributed by atoms with E-state index in [1.165, 1.54) is 12.7 Å². The molecule has 3 N–H and O–H groups in total. The Balaban J connectivity index is 2.13. The molecule has 2 rings (SSSR count). The molecular weight excluding hydrogens is 332 g/mol. The first-order valence-electron chi connectivity index (χ1n) is 8.47. The zero-order valence-corrected chi connectivity index (χ0v) is 15.2. The second-order valence-electron chi connectivity index (χ2n) is 6.00. The standard InChI is InChI=1S/C20H24N2O4/c1-4-14-5-7-15(8-6-14)16-9-11-17(12-10-16)19(23)21-18(13(2)26-3)20(24)22-25/h5-13,18,25H,4H2,1-3H3,(H,21,23)(H,22,24). The van der Waals surface area contributed by atoms with E-state index in [-0.39, 0.29) is 0 Å². The molecule has 0 bridgehead atoms. The van der Waals surface area contributed by atoms with Gasteiger partial charge in [0.05, 0.1) is 6.10 Å². The third kappa shape index (κ3) is 4.68. The summed E-state index contributed by atoms with van der Waals surface area (Å²) in [6, 6.07) is 14.4. The van der Waals surface area contributed by atoms with Gasteiger partial charge in [0.15, 0.2) is 0 Å². The van der Waals surface area contributed by atoms with Gasteiger partial charge in [-0.15, -0.1) is 0 Å². The number of methoxy groups -OCH3 is 1. The van der Waals surface area contributed by atoms with Crippen LogP contribution in [0, 0.1) is 0 Å². The minimum Gasteiger partial charge on any atom is -0.379 e. The Morgan fingerprint density at radius 2 is 1.58 bits per heavy atom. The van der Waals surface area contributed by atoms with Crippen LogP contribution in [0.3, 0.4) is 0 Å². The van der Waals surface area contributed by atoms with Crippen LogP contribution in [-0.4, -0.2) is 36.3 Å². The van der Waals surface area contributed by atoms with Crippen LogP contribution in [0.25, 0.3) is 11.1 Å². The summed E-state index contributed by atoms with van der Waals surface area (Å²) in [7, 11) is 1.42. The number of rotatable bonds is 7. The molecule has 0 saturated heterocycles. The highest BCUT2D eigenvalue weighted by Gasteiger charge is 2.27. The van der Waals surface area contributed by atoms with Crippen LogP contribution >= 0.6 is 0 Å². The molecule has 0 aliphatic carbocycles. The molecular formula is C20H24N2O4. The van der Waals surface area contributed by atoms with Crippen molar-refractivity contribution in [2.24, 2.45) is 0 Å². The van der Waals surface area contributed by atoms with Gasteiger partial charge in [0.25, 0.3) is 11.8 Å². The second-order valence-corrected chi connectivity index (χ2v) is 6.00. The molecule has 2 aromatic carbocycles. The van der Waals surface area contributed by atoms with Crippen molar-refractivity contribution in [1.82, 2.24) is 10.8 Å². The largest absolute Gasteiger partial charge is 0.379 e. The van der Waals surface area contributed by atoms with E-state index < -0.39 is 24.0 Å². The van der Waals surface area contributed by atoms with Crippen molar-refractivity contribution in [2.45, 2.75) is 32.4 Å². The van der Waals surface area contributed by atoms with Crippen LogP contribution in [-0.2, 0) is 16.0 Å². The maximum atomic E-state index is 12.4. The Hall–Kier alpha value is -2.70. The molecule has 0 fully saturated rings. The summed E-state index contributed by atoms with van der Waals surface area (Å²) < 4.78 is 5.08. The average molecular weight is 356 g/mol. The van der Waals surface area contributed by atoms with Gasteiger partial charge < -0.3 is 10.1 Å². The van der Waals surface area contributed by atoms with Gasteiger partial charge in [-0.1, -0.05) is 43.3 Å².